The van der Waals surface area contributed by atoms with Crippen molar-refractivity contribution in [2.75, 3.05) is 7.11 Å². The lowest BCUT2D eigenvalue weighted by Crippen LogP contribution is -2.40. The summed E-state index contributed by atoms with van der Waals surface area (Å²) in [5.41, 5.74) is 0. The minimum atomic E-state index is -2.93. The largest absolute Gasteiger partial charge is 0.433 e. The van der Waals surface area contributed by atoms with Crippen LogP contribution >= 0.6 is 11.3 Å². The van der Waals surface area contributed by atoms with Crippen LogP contribution in [-0.2, 0) is 4.74 Å². The first-order valence-electron chi connectivity index (χ1n) is 5.97. The molecule has 1 aliphatic rings. The van der Waals surface area contributed by atoms with Crippen molar-refractivity contribution in [2.45, 2.75) is 38.0 Å². The van der Waals surface area contributed by atoms with E-state index in [9.17, 15) is 13.6 Å². The van der Waals surface area contributed by atoms with Gasteiger partial charge in [0.05, 0.1) is 12.1 Å². The molecule has 0 unspecified atom stereocenters. The van der Waals surface area contributed by atoms with Gasteiger partial charge in [-0.2, -0.15) is 8.78 Å². The Hall–Kier alpha value is -1.21. The van der Waals surface area contributed by atoms with E-state index in [1.807, 2.05) is 0 Å². The number of carbonyl (C=O) groups is 1. The molecule has 1 amide bonds. The number of ether oxygens (including phenoxy) is 2. The van der Waals surface area contributed by atoms with Gasteiger partial charge in [-0.25, -0.2) is 0 Å². The molecule has 1 saturated carbocycles. The molecule has 0 radical (unpaired) electrons. The first-order chi connectivity index (χ1) is 9.11. The molecule has 0 aliphatic heterocycles. The van der Waals surface area contributed by atoms with Crippen LogP contribution in [0, 0.1) is 0 Å². The van der Waals surface area contributed by atoms with E-state index < -0.39 is 6.61 Å². The molecule has 1 aliphatic carbocycles. The van der Waals surface area contributed by atoms with Crippen LogP contribution in [0.15, 0.2) is 11.4 Å². The van der Waals surface area contributed by atoms with Gasteiger partial charge in [0.1, 0.15) is 10.6 Å². The van der Waals surface area contributed by atoms with Crippen LogP contribution in [0.25, 0.3) is 0 Å². The molecule has 1 aromatic rings. The molecule has 2 rings (SSSR count). The van der Waals surface area contributed by atoms with Crippen molar-refractivity contribution in [2.24, 2.45) is 0 Å². The zero-order chi connectivity index (χ0) is 13.8. The molecule has 1 aromatic heterocycles. The number of methoxy groups -OCH3 is 1. The molecule has 0 bridgehead atoms. The zero-order valence-electron chi connectivity index (χ0n) is 10.4. The monoisotopic (exact) mass is 291 g/mol. The fourth-order valence-corrected chi connectivity index (χ4v) is 2.99. The number of hydrogen-bond donors (Lipinski definition) is 1. The Bertz CT molecular complexity index is 438. The van der Waals surface area contributed by atoms with E-state index in [4.69, 9.17) is 4.74 Å². The maximum atomic E-state index is 12.2. The Morgan fingerprint density at radius 1 is 1.53 bits per heavy atom. The van der Waals surface area contributed by atoms with Gasteiger partial charge in [-0.1, -0.05) is 0 Å². The molecule has 1 fully saturated rings. The summed E-state index contributed by atoms with van der Waals surface area (Å²) in [6, 6.07) is 1.30. The molecular formula is C12H15F2NO3S. The van der Waals surface area contributed by atoms with Crippen LogP contribution in [0.3, 0.4) is 0 Å². The predicted molar refractivity (Wildman–Crippen MR) is 66.9 cm³/mol. The number of carbonyl (C=O) groups excluding carboxylic acids is 1. The van der Waals surface area contributed by atoms with Crippen LogP contribution in [0.1, 0.15) is 28.9 Å². The third-order valence-electron chi connectivity index (χ3n) is 3.12. The standard InChI is InChI=1S/C12H15F2NO3S/c1-17-8-4-2-3-7(8)15-11(16)10-9(5-6-19-10)18-12(13)14/h5-8,12H,2-4H2,1H3,(H,15,16)/t7-,8+/m1/s1. The van der Waals surface area contributed by atoms with Crippen molar-refractivity contribution in [3.8, 4) is 5.75 Å². The van der Waals surface area contributed by atoms with Crippen molar-refractivity contribution in [1.29, 1.82) is 0 Å². The first-order valence-corrected chi connectivity index (χ1v) is 6.85. The highest BCUT2D eigenvalue weighted by atomic mass is 32.1. The van der Waals surface area contributed by atoms with Gasteiger partial charge in [-0.3, -0.25) is 4.79 Å². The van der Waals surface area contributed by atoms with Gasteiger partial charge in [-0.05, 0) is 30.7 Å². The highest BCUT2D eigenvalue weighted by molar-refractivity contribution is 7.12. The second-order valence-electron chi connectivity index (χ2n) is 4.28. The normalized spacial score (nSPS) is 22.7. The van der Waals surface area contributed by atoms with E-state index in [0.717, 1.165) is 30.6 Å². The van der Waals surface area contributed by atoms with Gasteiger partial charge >= 0.3 is 6.61 Å². The summed E-state index contributed by atoms with van der Waals surface area (Å²) in [5.74, 6) is -0.468. The summed E-state index contributed by atoms with van der Waals surface area (Å²) in [4.78, 5) is 12.2. The molecule has 2 atom stereocenters. The van der Waals surface area contributed by atoms with Gasteiger partial charge in [0, 0.05) is 7.11 Å². The highest BCUT2D eigenvalue weighted by Gasteiger charge is 2.29. The molecule has 1 heterocycles. The van der Waals surface area contributed by atoms with E-state index >= 15 is 0 Å². The Labute approximate surface area is 113 Å². The van der Waals surface area contributed by atoms with Crippen LogP contribution < -0.4 is 10.1 Å². The molecule has 0 aromatic carbocycles. The molecule has 4 nitrogen and oxygen atoms in total. The Morgan fingerprint density at radius 3 is 3.00 bits per heavy atom. The van der Waals surface area contributed by atoms with E-state index in [0.29, 0.717) is 0 Å². The summed E-state index contributed by atoms with van der Waals surface area (Å²) in [6.07, 6.45) is 2.70. The van der Waals surface area contributed by atoms with Crippen LogP contribution in [0.2, 0.25) is 0 Å². The lowest BCUT2D eigenvalue weighted by atomic mass is 10.2. The number of halogens is 2. The Kier molecular flexibility index (Phi) is 4.71. The van der Waals surface area contributed by atoms with Gasteiger partial charge in [0.2, 0.25) is 0 Å². The third kappa shape index (κ3) is 3.42. The van der Waals surface area contributed by atoms with Gasteiger partial charge < -0.3 is 14.8 Å². The second kappa shape index (κ2) is 6.29. The molecule has 0 saturated heterocycles. The molecule has 106 valence electrons. The van der Waals surface area contributed by atoms with E-state index in [1.165, 1.54) is 6.07 Å². The van der Waals surface area contributed by atoms with Crippen molar-refractivity contribution in [3.63, 3.8) is 0 Å². The molecular weight excluding hydrogens is 276 g/mol. The fraction of sp³-hybridized carbons (Fsp3) is 0.583. The summed E-state index contributed by atoms with van der Waals surface area (Å²) in [7, 11) is 1.60. The number of rotatable bonds is 5. The number of alkyl halides is 2. The molecule has 0 spiro atoms. The van der Waals surface area contributed by atoms with E-state index in [1.54, 1.807) is 12.5 Å². The number of amides is 1. The predicted octanol–water partition coefficient (Wildman–Crippen LogP) is 2.65. The maximum Gasteiger partial charge on any atom is 0.387 e. The van der Waals surface area contributed by atoms with Crippen molar-refractivity contribution >= 4 is 17.2 Å². The highest BCUT2D eigenvalue weighted by Crippen LogP contribution is 2.28. The molecule has 7 heteroatoms. The van der Waals surface area contributed by atoms with Crippen molar-refractivity contribution in [1.82, 2.24) is 5.32 Å². The summed E-state index contributed by atoms with van der Waals surface area (Å²) >= 11 is 1.08. The third-order valence-corrected chi connectivity index (χ3v) is 4.02. The lowest BCUT2D eigenvalue weighted by molar-refractivity contribution is -0.0498. The average molecular weight is 291 g/mol. The van der Waals surface area contributed by atoms with E-state index in [-0.39, 0.29) is 28.7 Å². The van der Waals surface area contributed by atoms with Crippen LogP contribution in [0.5, 0.6) is 5.75 Å². The lowest BCUT2D eigenvalue weighted by Gasteiger charge is -2.19. The minimum Gasteiger partial charge on any atom is -0.433 e. The molecule has 19 heavy (non-hydrogen) atoms. The number of thiophene rings is 1. The topological polar surface area (TPSA) is 47.6 Å². The SMILES string of the molecule is CO[C@H]1CCC[C@H]1NC(=O)c1sccc1OC(F)F. The minimum absolute atomic E-state index is 0.0108. The second-order valence-corrected chi connectivity index (χ2v) is 5.19. The van der Waals surface area contributed by atoms with Crippen LogP contribution in [-0.4, -0.2) is 31.8 Å². The zero-order valence-corrected chi connectivity index (χ0v) is 11.2. The smallest absolute Gasteiger partial charge is 0.387 e. The van der Waals surface area contributed by atoms with Crippen LogP contribution in [0.4, 0.5) is 8.78 Å². The summed E-state index contributed by atoms with van der Waals surface area (Å²) < 4.78 is 34.0. The van der Waals surface area contributed by atoms with Gasteiger partial charge in [-0.15, -0.1) is 11.3 Å². The number of nitrogens with one attached hydrogen (secondary N) is 1. The van der Waals surface area contributed by atoms with Crippen molar-refractivity contribution < 1.29 is 23.0 Å². The quantitative estimate of drug-likeness (QED) is 0.907. The Balaban J connectivity index is 2.01. The summed E-state index contributed by atoms with van der Waals surface area (Å²) in [6.45, 7) is -2.93. The average Bonchev–Trinajstić information content (AvgIpc) is 2.97. The van der Waals surface area contributed by atoms with E-state index in [2.05, 4.69) is 10.1 Å². The maximum absolute atomic E-state index is 12.2. The first kappa shape index (κ1) is 14.2. The van der Waals surface area contributed by atoms with Crippen molar-refractivity contribution in [3.05, 3.63) is 16.3 Å². The fourth-order valence-electron chi connectivity index (χ4n) is 2.26. The molecule has 1 N–H and O–H groups in total. The van der Waals surface area contributed by atoms with Gasteiger partial charge in [0.15, 0.2) is 0 Å². The van der Waals surface area contributed by atoms with Gasteiger partial charge in [0.25, 0.3) is 5.91 Å². The number of hydrogen-bond acceptors (Lipinski definition) is 4. The Morgan fingerprint density at radius 2 is 2.32 bits per heavy atom. The summed E-state index contributed by atoms with van der Waals surface area (Å²) in [5, 5.41) is 4.37.